The molecule has 0 spiro atoms. The van der Waals surface area contributed by atoms with Gasteiger partial charge in [0.05, 0.1) is 18.8 Å². The molecule has 0 amide bonds. The van der Waals surface area contributed by atoms with E-state index in [1.54, 1.807) is 0 Å². The van der Waals surface area contributed by atoms with Gasteiger partial charge in [-0.2, -0.15) is 0 Å². The lowest BCUT2D eigenvalue weighted by Gasteiger charge is -2.36. The van der Waals surface area contributed by atoms with Crippen LogP contribution in [0.3, 0.4) is 0 Å². The van der Waals surface area contributed by atoms with Gasteiger partial charge in [-0.3, -0.25) is 4.99 Å². The van der Waals surface area contributed by atoms with Crippen molar-refractivity contribution in [3.8, 4) is 0 Å². The van der Waals surface area contributed by atoms with Crippen molar-refractivity contribution in [2.45, 2.75) is 50.9 Å². The van der Waals surface area contributed by atoms with Crippen LogP contribution in [0.1, 0.15) is 37.7 Å². The average Bonchev–Trinajstić information content (AvgIpc) is 2.85. The molecule has 4 rings (SSSR count). The summed E-state index contributed by atoms with van der Waals surface area (Å²) in [6.07, 6.45) is 8.19. The van der Waals surface area contributed by atoms with E-state index >= 15 is 0 Å². The molecule has 3 saturated heterocycles. The van der Waals surface area contributed by atoms with Gasteiger partial charge in [0.2, 0.25) is 0 Å². The van der Waals surface area contributed by atoms with Gasteiger partial charge in [0.15, 0.2) is 5.96 Å². The Balaban J connectivity index is 1.24. The molecule has 4 heterocycles. The average molecular weight is 445 g/mol. The number of nitrogens with zero attached hydrogens (tertiary/aromatic N) is 5. The monoisotopic (exact) mass is 444 g/mol. The highest BCUT2D eigenvalue weighted by Gasteiger charge is 2.24. The minimum absolute atomic E-state index is 0.296. The van der Waals surface area contributed by atoms with Crippen LogP contribution < -0.4 is 10.2 Å². The van der Waals surface area contributed by atoms with Crippen molar-refractivity contribution in [2.24, 2.45) is 4.99 Å². The van der Waals surface area contributed by atoms with Gasteiger partial charge in [0, 0.05) is 71.2 Å². The molecule has 0 aromatic carbocycles. The molecule has 3 aliphatic heterocycles. The fourth-order valence-corrected chi connectivity index (χ4v) is 4.79. The molecule has 8 heteroatoms. The molecule has 32 heavy (non-hydrogen) atoms. The number of nitrogens with one attached hydrogen (secondary N) is 1. The predicted octanol–water partition coefficient (Wildman–Crippen LogP) is 1.96. The fraction of sp³-hybridized carbons (Fsp3) is 0.750. The zero-order valence-corrected chi connectivity index (χ0v) is 19.8. The molecule has 1 unspecified atom stereocenters. The van der Waals surface area contributed by atoms with Gasteiger partial charge < -0.3 is 29.5 Å². The van der Waals surface area contributed by atoms with Crippen molar-refractivity contribution < 1.29 is 9.47 Å². The number of aliphatic imine (C=N–C) groups is 1. The molecule has 1 aromatic rings. The van der Waals surface area contributed by atoms with Crippen LogP contribution in [0.5, 0.6) is 0 Å². The number of likely N-dealkylation sites (tertiary alicyclic amines) is 1. The lowest BCUT2D eigenvalue weighted by Crippen LogP contribution is -2.47. The first-order valence-electron chi connectivity index (χ1n) is 12.3. The maximum Gasteiger partial charge on any atom is 0.193 e. The molecule has 1 N–H and O–H groups in total. The highest BCUT2D eigenvalue weighted by atomic mass is 16.5. The van der Waals surface area contributed by atoms with Crippen molar-refractivity contribution in [2.75, 3.05) is 71.5 Å². The van der Waals surface area contributed by atoms with Crippen LogP contribution in [0.4, 0.5) is 5.82 Å². The van der Waals surface area contributed by atoms with Crippen molar-refractivity contribution in [3.05, 3.63) is 23.9 Å². The maximum absolute atomic E-state index is 6.17. The van der Waals surface area contributed by atoms with E-state index in [2.05, 4.69) is 38.1 Å². The Morgan fingerprint density at radius 3 is 2.69 bits per heavy atom. The van der Waals surface area contributed by atoms with Gasteiger partial charge in [-0.15, -0.1) is 0 Å². The second kappa shape index (κ2) is 11.8. The standard InChI is InChI=1S/C24H40N6O2/c1-25-24(30-11-8-21(9-12-30)32-19-22-7-3-4-17-31-22)27-18-20-6-5-10-26-23(20)29-15-13-28(2)14-16-29/h5-6,10,21-22H,3-4,7-9,11-19H2,1-2H3,(H,25,27). The minimum Gasteiger partial charge on any atom is -0.376 e. The summed E-state index contributed by atoms with van der Waals surface area (Å²) in [4.78, 5) is 16.4. The quantitative estimate of drug-likeness (QED) is 0.531. The highest BCUT2D eigenvalue weighted by molar-refractivity contribution is 5.80. The van der Waals surface area contributed by atoms with Gasteiger partial charge in [-0.25, -0.2) is 4.98 Å². The summed E-state index contributed by atoms with van der Waals surface area (Å²) in [6.45, 7) is 8.50. The van der Waals surface area contributed by atoms with Gasteiger partial charge in [0.1, 0.15) is 5.82 Å². The van der Waals surface area contributed by atoms with Gasteiger partial charge in [-0.05, 0) is 45.2 Å². The number of ether oxygens (including phenoxy) is 2. The molecular weight excluding hydrogens is 404 g/mol. The van der Waals surface area contributed by atoms with Crippen LogP contribution >= 0.6 is 0 Å². The Hall–Kier alpha value is -1.90. The van der Waals surface area contributed by atoms with E-state index in [0.29, 0.717) is 12.2 Å². The van der Waals surface area contributed by atoms with E-state index in [1.807, 2.05) is 19.3 Å². The summed E-state index contributed by atoms with van der Waals surface area (Å²) in [7, 11) is 4.05. The highest BCUT2D eigenvalue weighted by Crippen LogP contribution is 2.20. The van der Waals surface area contributed by atoms with Crippen LogP contribution in [-0.4, -0.2) is 99.5 Å². The van der Waals surface area contributed by atoms with Crippen molar-refractivity contribution in [1.29, 1.82) is 0 Å². The minimum atomic E-state index is 0.296. The first-order chi connectivity index (χ1) is 15.7. The number of aromatic nitrogens is 1. The molecule has 1 aromatic heterocycles. The van der Waals surface area contributed by atoms with Gasteiger partial charge in [0.25, 0.3) is 0 Å². The maximum atomic E-state index is 6.17. The zero-order chi connectivity index (χ0) is 22.2. The first-order valence-corrected chi connectivity index (χ1v) is 12.3. The number of hydrogen-bond acceptors (Lipinski definition) is 6. The summed E-state index contributed by atoms with van der Waals surface area (Å²) < 4.78 is 12.0. The van der Waals surface area contributed by atoms with Crippen LogP contribution in [0.15, 0.2) is 23.3 Å². The van der Waals surface area contributed by atoms with E-state index in [4.69, 9.17) is 14.5 Å². The Morgan fingerprint density at radius 2 is 1.97 bits per heavy atom. The van der Waals surface area contributed by atoms with E-state index in [9.17, 15) is 0 Å². The number of likely N-dealkylation sites (N-methyl/N-ethyl adjacent to an activating group) is 1. The number of rotatable bonds is 6. The molecule has 178 valence electrons. The molecule has 0 aliphatic carbocycles. The Bertz CT molecular complexity index is 723. The van der Waals surface area contributed by atoms with Crippen molar-refractivity contribution in [3.63, 3.8) is 0 Å². The lowest BCUT2D eigenvalue weighted by molar-refractivity contribution is -0.0721. The molecular formula is C24H40N6O2. The molecule has 0 saturated carbocycles. The number of anilines is 1. The van der Waals surface area contributed by atoms with Crippen LogP contribution in [0.25, 0.3) is 0 Å². The topological polar surface area (TPSA) is 65.5 Å². The van der Waals surface area contributed by atoms with Crippen LogP contribution in [0.2, 0.25) is 0 Å². The largest absolute Gasteiger partial charge is 0.376 e. The SMILES string of the molecule is CN=C(NCc1cccnc1N1CCN(C)CC1)N1CCC(OCC2CCCCO2)CC1. The number of piperazine rings is 1. The third-order valence-corrected chi connectivity index (χ3v) is 6.85. The molecule has 0 bridgehead atoms. The fourth-order valence-electron chi connectivity index (χ4n) is 4.79. The second-order valence-corrected chi connectivity index (χ2v) is 9.19. The van der Waals surface area contributed by atoms with E-state index in [-0.39, 0.29) is 0 Å². The lowest BCUT2D eigenvalue weighted by atomic mass is 10.1. The smallest absolute Gasteiger partial charge is 0.193 e. The molecule has 3 aliphatic rings. The number of hydrogen-bond donors (Lipinski definition) is 1. The molecule has 0 radical (unpaired) electrons. The van der Waals surface area contributed by atoms with Crippen LogP contribution in [-0.2, 0) is 16.0 Å². The first kappa shape index (κ1) is 23.3. The number of piperidine rings is 1. The summed E-state index contributed by atoms with van der Waals surface area (Å²) >= 11 is 0. The number of guanidine groups is 1. The summed E-state index contributed by atoms with van der Waals surface area (Å²) in [5, 5.41) is 3.58. The zero-order valence-electron chi connectivity index (χ0n) is 19.8. The Kier molecular flexibility index (Phi) is 8.59. The van der Waals surface area contributed by atoms with Crippen molar-refractivity contribution >= 4 is 11.8 Å². The van der Waals surface area contributed by atoms with Gasteiger partial charge in [-0.1, -0.05) is 6.07 Å². The molecule has 3 fully saturated rings. The Labute approximate surface area is 193 Å². The number of pyridine rings is 1. The summed E-state index contributed by atoms with van der Waals surface area (Å²) in [6, 6.07) is 4.20. The summed E-state index contributed by atoms with van der Waals surface area (Å²) in [5.41, 5.74) is 1.23. The van der Waals surface area contributed by atoms with Crippen molar-refractivity contribution in [1.82, 2.24) is 20.1 Å². The Morgan fingerprint density at radius 1 is 1.16 bits per heavy atom. The van der Waals surface area contributed by atoms with E-state index in [0.717, 1.165) is 90.1 Å². The molecule has 1 atom stereocenters. The molecule has 8 nitrogen and oxygen atoms in total. The third kappa shape index (κ3) is 6.33. The normalized spacial score (nSPS) is 24.1. The van der Waals surface area contributed by atoms with Gasteiger partial charge >= 0.3 is 0 Å². The van der Waals surface area contributed by atoms with E-state index < -0.39 is 0 Å². The van der Waals surface area contributed by atoms with E-state index in [1.165, 1.54) is 18.4 Å². The predicted molar refractivity (Wildman–Crippen MR) is 128 cm³/mol. The third-order valence-electron chi connectivity index (χ3n) is 6.85. The second-order valence-electron chi connectivity index (χ2n) is 9.19. The summed E-state index contributed by atoms with van der Waals surface area (Å²) in [5.74, 6) is 2.06. The van der Waals surface area contributed by atoms with Crippen LogP contribution in [0, 0.1) is 0 Å².